The Morgan fingerprint density at radius 2 is 1.62 bits per heavy atom. The van der Waals surface area contributed by atoms with Gasteiger partial charge in [-0.2, -0.15) is 0 Å². The molecule has 0 bridgehead atoms. The van der Waals surface area contributed by atoms with Gasteiger partial charge in [-0.25, -0.2) is 8.42 Å². The largest absolute Gasteiger partial charge is 0.369 e. The first kappa shape index (κ1) is 21.2. The summed E-state index contributed by atoms with van der Waals surface area (Å²) in [4.78, 5) is 7.71. The van der Waals surface area contributed by atoms with Crippen LogP contribution < -0.4 is 4.90 Å². The summed E-state index contributed by atoms with van der Waals surface area (Å²) < 4.78 is 23.5. The number of hydrogen-bond acceptors (Lipinski definition) is 5. The minimum Gasteiger partial charge on any atom is -0.369 e. The zero-order valence-electron chi connectivity index (χ0n) is 16.8. The van der Waals surface area contributed by atoms with E-state index in [0.717, 1.165) is 37.8 Å². The Kier molecular flexibility index (Phi) is 7.92. The molecule has 2 saturated heterocycles. The van der Waals surface area contributed by atoms with Gasteiger partial charge >= 0.3 is 0 Å². The summed E-state index contributed by atoms with van der Waals surface area (Å²) in [5.74, 6) is 0.835. The molecular formula is C20H35N3O2S. The molecule has 2 fully saturated rings. The molecule has 2 aliphatic rings. The van der Waals surface area contributed by atoms with E-state index in [0.29, 0.717) is 4.90 Å². The van der Waals surface area contributed by atoms with Crippen molar-refractivity contribution in [1.82, 2.24) is 9.80 Å². The highest BCUT2D eigenvalue weighted by Gasteiger charge is 2.23. The van der Waals surface area contributed by atoms with Gasteiger partial charge in [-0.1, -0.05) is 19.9 Å². The second kappa shape index (κ2) is 9.72. The highest BCUT2D eigenvalue weighted by atomic mass is 32.2. The minimum absolute atomic E-state index is 0.411. The summed E-state index contributed by atoms with van der Waals surface area (Å²) in [5.41, 5.74) is 1.02. The van der Waals surface area contributed by atoms with E-state index in [1.165, 1.54) is 38.7 Å². The van der Waals surface area contributed by atoms with E-state index in [1.807, 2.05) is 32.0 Å². The number of benzene rings is 1. The van der Waals surface area contributed by atoms with Gasteiger partial charge in [0, 0.05) is 44.7 Å². The highest BCUT2D eigenvalue weighted by molar-refractivity contribution is 7.90. The Morgan fingerprint density at radius 1 is 1.00 bits per heavy atom. The second-order valence-corrected chi connectivity index (χ2v) is 9.32. The van der Waals surface area contributed by atoms with E-state index in [-0.39, 0.29) is 0 Å². The van der Waals surface area contributed by atoms with Crippen molar-refractivity contribution in [2.24, 2.45) is 5.92 Å². The fraction of sp³-hybridized carbons (Fsp3) is 0.700. The number of nitrogens with zero attached hydrogens (tertiary/aromatic N) is 3. The molecule has 148 valence electrons. The van der Waals surface area contributed by atoms with Gasteiger partial charge in [0.15, 0.2) is 9.84 Å². The van der Waals surface area contributed by atoms with E-state index in [1.54, 1.807) is 6.07 Å². The zero-order chi connectivity index (χ0) is 19.2. The summed E-state index contributed by atoms with van der Waals surface area (Å²) in [6, 6.07) is 7.34. The number of piperidine rings is 1. The molecular weight excluding hydrogens is 346 g/mol. The lowest BCUT2D eigenvalue weighted by Crippen LogP contribution is -2.48. The van der Waals surface area contributed by atoms with Crippen molar-refractivity contribution < 1.29 is 8.42 Å². The van der Waals surface area contributed by atoms with Gasteiger partial charge in [0.1, 0.15) is 0 Å². The molecule has 6 heteroatoms. The topological polar surface area (TPSA) is 43.9 Å². The molecule has 0 aromatic heterocycles. The SMILES string of the molecule is CC.CN1CCC(CN2CCN(c3cccc(S(C)(=O)=O)c3)CC2)CC1. The lowest BCUT2D eigenvalue weighted by molar-refractivity contribution is 0.155. The Labute approximate surface area is 159 Å². The second-order valence-electron chi connectivity index (χ2n) is 7.30. The van der Waals surface area contributed by atoms with Crippen molar-refractivity contribution in [3.8, 4) is 0 Å². The highest BCUT2D eigenvalue weighted by Crippen LogP contribution is 2.22. The number of sulfone groups is 1. The van der Waals surface area contributed by atoms with Crippen LogP contribution in [0.1, 0.15) is 26.7 Å². The fourth-order valence-electron chi connectivity index (χ4n) is 3.71. The molecule has 1 aromatic rings. The first-order valence-electron chi connectivity index (χ1n) is 9.88. The van der Waals surface area contributed by atoms with Crippen LogP contribution in [0.15, 0.2) is 29.2 Å². The van der Waals surface area contributed by atoms with Gasteiger partial charge in [-0.3, -0.25) is 4.90 Å². The Bertz CT molecular complexity index is 647. The van der Waals surface area contributed by atoms with Crippen LogP contribution in [0.25, 0.3) is 0 Å². The normalized spacial score (nSPS) is 20.5. The third-order valence-corrected chi connectivity index (χ3v) is 6.45. The zero-order valence-corrected chi connectivity index (χ0v) is 17.6. The summed E-state index contributed by atoms with van der Waals surface area (Å²) in [5, 5.41) is 0. The quantitative estimate of drug-likeness (QED) is 0.802. The van der Waals surface area contributed by atoms with Crippen LogP contribution in [0.5, 0.6) is 0 Å². The van der Waals surface area contributed by atoms with Crippen LogP contribution in [0.3, 0.4) is 0 Å². The van der Waals surface area contributed by atoms with Crippen molar-refractivity contribution in [3.05, 3.63) is 24.3 Å². The molecule has 0 aliphatic carbocycles. The summed E-state index contributed by atoms with van der Waals surface area (Å²) in [6.07, 6.45) is 3.89. The third-order valence-electron chi connectivity index (χ3n) is 5.34. The van der Waals surface area contributed by atoms with E-state index in [9.17, 15) is 8.42 Å². The molecule has 0 unspecified atom stereocenters. The average Bonchev–Trinajstić information content (AvgIpc) is 2.65. The predicted octanol–water partition coefficient (Wildman–Crippen LogP) is 2.58. The number of piperazine rings is 1. The van der Waals surface area contributed by atoms with Crippen molar-refractivity contribution in [3.63, 3.8) is 0 Å². The molecule has 0 radical (unpaired) electrons. The molecule has 0 atom stereocenters. The van der Waals surface area contributed by atoms with Crippen LogP contribution >= 0.6 is 0 Å². The van der Waals surface area contributed by atoms with Crippen LogP contribution in [-0.4, -0.2) is 77.3 Å². The predicted molar refractivity (Wildman–Crippen MR) is 110 cm³/mol. The van der Waals surface area contributed by atoms with E-state index < -0.39 is 9.84 Å². The lowest BCUT2D eigenvalue weighted by Gasteiger charge is -2.39. The lowest BCUT2D eigenvalue weighted by atomic mass is 9.96. The fourth-order valence-corrected chi connectivity index (χ4v) is 4.37. The maximum absolute atomic E-state index is 11.7. The molecule has 0 amide bonds. The molecule has 1 aromatic carbocycles. The molecule has 2 aliphatic heterocycles. The van der Waals surface area contributed by atoms with Gasteiger partial charge in [-0.15, -0.1) is 0 Å². The maximum Gasteiger partial charge on any atom is 0.175 e. The van der Waals surface area contributed by atoms with E-state index in [2.05, 4.69) is 21.7 Å². The molecule has 3 rings (SSSR count). The van der Waals surface area contributed by atoms with E-state index in [4.69, 9.17) is 0 Å². The average molecular weight is 382 g/mol. The smallest absolute Gasteiger partial charge is 0.175 e. The van der Waals surface area contributed by atoms with Crippen molar-refractivity contribution in [2.45, 2.75) is 31.6 Å². The molecule has 2 heterocycles. The summed E-state index contributed by atoms with van der Waals surface area (Å²) in [6.45, 7) is 11.7. The molecule has 0 N–H and O–H groups in total. The van der Waals surface area contributed by atoms with Crippen LogP contribution in [0, 0.1) is 5.92 Å². The Hall–Kier alpha value is -1.11. The standard InChI is InChI=1S/C18H29N3O2S.C2H6/c1-19-8-6-16(7-9-19)15-20-10-12-21(13-11-20)17-4-3-5-18(14-17)24(2,22)23;1-2/h3-5,14,16H,6-13,15H2,1-2H3;1-2H3. The van der Waals surface area contributed by atoms with Crippen molar-refractivity contribution >= 4 is 15.5 Å². The number of anilines is 1. The van der Waals surface area contributed by atoms with Crippen LogP contribution in [0.2, 0.25) is 0 Å². The monoisotopic (exact) mass is 381 g/mol. The van der Waals surface area contributed by atoms with Crippen molar-refractivity contribution in [2.75, 3.05) is 64.0 Å². The molecule has 26 heavy (non-hydrogen) atoms. The molecule has 0 spiro atoms. The molecule has 5 nitrogen and oxygen atoms in total. The minimum atomic E-state index is -3.14. The van der Waals surface area contributed by atoms with Gasteiger partial charge in [-0.05, 0) is 57.1 Å². The molecule has 0 saturated carbocycles. The third kappa shape index (κ3) is 5.96. The first-order chi connectivity index (χ1) is 12.4. The number of rotatable bonds is 4. The number of likely N-dealkylation sites (tertiary alicyclic amines) is 1. The van der Waals surface area contributed by atoms with Gasteiger partial charge in [0.25, 0.3) is 0 Å². The van der Waals surface area contributed by atoms with Gasteiger partial charge < -0.3 is 9.80 Å². The summed E-state index contributed by atoms with van der Waals surface area (Å²) >= 11 is 0. The Morgan fingerprint density at radius 3 is 2.19 bits per heavy atom. The van der Waals surface area contributed by atoms with Crippen LogP contribution in [-0.2, 0) is 9.84 Å². The van der Waals surface area contributed by atoms with Gasteiger partial charge in [0.2, 0.25) is 0 Å². The first-order valence-corrected chi connectivity index (χ1v) is 11.8. The van der Waals surface area contributed by atoms with Gasteiger partial charge in [0.05, 0.1) is 4.90 Å². The van der Waals surface area contributed by atoms with Crippen molar-refractivity contribution in [1.29, 1.82) is 0 Å². The van der Waals surface area contributed by atoms with E-state index >= 15 is 0 Å². The summed E-state index contributed by atoms with van der Waals surface area (Å²) in [7, 11) is -0.932. The number of hydrogen-bond donors (Lipinski definition) is 0. The van der Waals surface area contributed by atoms with Crippen LogP contribution in [0.4, 0.5) is 5.69 Å². The Balaban J connectivity index is 0.00000117. The maximum atomic E-state index is 11.7.